The second-order valence-corrected chi connectivity index (χ2v) is 22.2. The van der Waals surface area contributed by atoms with Crippen LogP contribution in [-0.4, -0.2) is 25.5 Å². The normalized spacial score (nSPS) is 21.5. The summed E-state index contributed by atoms with van der Waals surface area (Å²) in [4.78, 5) is 0. The van der Waals surface area contributed by atoms with E-state index >= 15 is 0 Å². The standard InChI is InChI=1S/C13H28S.3C6H11.Sn/c1-4-7-8-11-13(12-14,9-5-2)10-6-3;3*1-2-4-6-5-3-1;/h14H,4-12H2,1-3H3;3*1H,2-6H2;/q;;;;+1/p-1. The number of rotatable bonds is 12. The molecule has 0 amide bonds. The maximum Gasteiger partial charge on any atom is -0.0494 e. The van der Waals surface area contributed by atoms with Gasteiger partial charge >= 0.3 is 128 Å². The molecule has 0 atom stereocenters. The molecule has 194 valence electrons. The van der Waals surface area contributed by atoms with Crippen molar-refractivity contribution in [3.63, 3.8) is 0 Å². The molecule has 0 radical (unpaired) electrons. The molecule has 0 aromatic carbocycles. The maximum absolute atomic E-state index is 5.37. The Bertz CT molecular complexity index is 397. The molecular formula is C31H60SSn. The monoisotopic (exact) mass is 584 g/mol. The number of unbranched alkanes of at least 4 members (excludes halogenated alkanes) is 2. The van der Waals surface area contributed by atoms with Crippen molar-refractivity contribution in [3.8, 4) is 0 Å². The van der Waals surface area contributed by atoms with Gasteiger partial charge in [-0.25, -0.2) is 0 Å². The fourth-order valence-electron chi connectivity index (χ4n) is 7.71. The molecule has 0 bridgehead atoms. The van der Waals surface area contributed by atoms with Crippen LogP contribution >= 0.6 is 0 Å². The molecule has 0 aliphatic heterocycles. The van der Waals surface area contributed by atoms with Crippen molar-refractivity contribution >= 4 is 32.4 Å². The van der Waals surface area contributed by atoms with E-state index in [1.165, 1.54) is 63.2 Å². The van der Waals surface area contributed by atoms with Crippen molar-refractivity contribution in [1.82, 2.24) is 0 Å². The second kappa shape index (κ2) is 18.4. The van der Waals surface area contributed by atoms with Gasteiger partial charge in [0.05, 0.1) is 0 Å². The number of hydrogen-bond acceptors (Lipinski definition) is 1. The molecule has 3 aliphatic carbocycles. The fraction of sp³-hybridized carbons (Fsp3) is 1.00. The second-order valence-electron chi connectivity index (χ2n) is 12.1. The Morgan fingerprint density at radius 3 is 1.24 bits per heavy atom. The Balaban J connectivity index is 0.000000248. The van der Waals surface area contributed by atoms with Gasteiger partial charge in [-0.3, -0.25) is 0 Å². The Morgan fingerprint density at radius 1 is 0.545 bits per heavy atom. The van der Waals surface area contributed by atoms with Gasteiger partial charge in [0.25, 0.3) is 0 Å². The largest absolute Gasteiger partial charge is 0.792 e. The SMILES string of the molecule is C1CC[CH]([Sn+]([CH]2CCCCC2)[CH]2CCCCC2)CC1.CCCCCC(C[S-])(CCC)CCC. The van der Waals surface area contributed by atoms with Crippen LogP contribution in [0.2, 0.25) is 11.8 Å². The van der Waals surface area contributed by atoms with Gasteiger partial charge < -0.3 is 12.6 Å². The van der Waals surface area contributed by atoms with Gasteiger partial charge in [-0.1, -0.05) is 58.3 Å². The van der Waals surface area contributed by atoms with E-state index in [0.29, 0.717) is 5.41 Å². The molecule has 0 heterocycles. The third-order valence-corrected chi connectivity index (χ3v) is 23.0. The summed E-state index contributed by atoms with van der Waals surface area (Å²) >= 11 is 4.22. The maximum atomic E-state index is 5.37. The minimum atomic E-state index is -1.15. The zero-order chi connectivity index (χ0) is 23.8. The topological polar surface area (TPSA) is 0 Å². The Kier molecular flexibility index (Phi) is 16.9. The summed E-state index contributed by atoms with van der Waals surface area (Å²) in [5.74, 6) is 0.971. The molecule has 33 heavy (non-hydrogen) atoms. The first-order chi connectivity index (χ1) is 16.2. The molecule has 2 heteroatoms. The summed E-state index contributed by atoms with van der Waals surface area (Å²) in [5, 5.41) is 0. The van der Waals surface area contributed by atoms with E-state index in [2.05, 4.69) is 20.8 Å². The zero-order valence-corrected chi connectivity index (χ0v) is 26.8. The van der Waals surface area contributed by atoms with Gasteiger partial charge in [0.15, 0.2) is 0 Å². The van der Waals surface area contributed by atoms with Crippen LogP contribution in [0.15, 0.2) is 0 Å². The summed E-state index contributed by atoms with van der Waals surface area (Å²) in [6.07, 6.45) is 35.0. The van der Waals surface area contributed by atoms with Crippen LogP contribution < -0.4 is 0 Å². The third kappa shape index (κ3) is 11.0. The first-order valence-electron chi connectivity index (χ1n) is 15.6. The Morgan fingerprint density at radius 2 is 0.939 bits per heavy atom. The van der Waals surface area contributed by atoms with E-state index in [0.717, 1.165) is 5.75 Å². The average molecular weight is 584 g/mol. The molecule has 0 spiro atoms. The van der Waals surface area contributed by atoms with E-state index < -0.39 is 19.8 Å². The fourth-order valence-corrected chi connectivity index (χ4v) is 23.1. The van der Waals surface area contributed by atoms with Crippen LogP contribution in [0, 0.1) is 5.41 Å². The predicted octanol–water partition coefficient (Wildman–Crippen LogP) is 11.2. The molecular weight excluding hydrogens is 523 g/mol. The van der Waals surface area contributed by atoms with Crippen molar-refractivity contribution in [2.45, 2.75) is 180 Å². The zero-order valence-electron chi connectivity index (χ0n) is 23.1. The van der Waals surface area contributed by atoms with Gasteiger partial charge in [0.1, 0.15) is 0 Å². The summed E-state index contributed by atoms with van der Waals surface area (Å²) in [5.41, 5.74) is 0.508. The van der Waals surface area contributed by atoms with E-state index in [4.69, 9.17) is 12.6 Å². The summed E-state index contributed by atoms with van der Waals surface area (Å²) < 4.78 is 3.96. The summed E-state index contributed by atoms with van der Waals surface area (Å²) in [7, 11) is 0. The smallest absolute Gasteiger partial charge is 0.0494 e. The van der Waals surface area contributed by atoms with Gasteiger partial charge in [0.2, 0.25) is 0 Å². The Hall–Kier alpha value is 1.15. The first kappa shape index (κ1) is 30.4. The molecule has 3 rings (SSSR count). The summed E-state index contributed by atoms with van der Waals surface area (Å²) in [6, 6.07) is 0. The van der Waals surface area contributed by atoms with Crippen LogP contribution in [0.3, 0.4) is 0 Å². The van der Waals surface area contributed by atoms with Gasteiger partial charge in [-0.2, -0.15) is 5.75 Å². The van der Waals surface area contributed by atoms with Crippen molar-refractivity contribution in [1.29, 1.82) is 0 Å². The van der Waals surface area contributed by atoms with E-state index in [1.54, 1.807) is 96.3 Å². The summed E-state index contributed by atoms with van der Waals surface area (Å²) in [6.45, 7) is 6.85. The number of hydrogen-bond donors (Lipinski definition) is 0. The molecule has 0 aromatic rings. The van der Waals surface area contributed by atoms with Crippen molar-refractivity contribution in [2.75, 3.05) is 5.75 Å². The predicted molar refractivity (Wildman–Crippen MR) is 155 cm³/mol. The van der Waals surface area contributed by atoms with Crippen molar-refractivity contribution < 1.29 is 0 Å². The van der Waals surface area contributed by atoms with Crippen LogP contribution in [0.1, 0.15) is 168 Å². The quantitative estimate of drug-likeness (QED) is 0.125. The van der Waals surface area contributed by atoms with E-state index in [9.17, 15) is 0 Å². The van der Waals surface area contributed by atoms with Gasteiger partial charge in [0, 0.05) is 0 Å². The Labute approximate surface area is 222 Å². The molecule has 3 aliphatic rings. The van der Waals surface area contributed by atoms with Gasteiger partial charge in [-0.05, 0) is 19.3 Å². The van der Waals surface area contributed by atoms with Crippen LogP contribution in [-0.2, 0) is 12.6 Å². The van der Waals surface area contributed by atoms with E-state index in [1.807, 2.05) is 0 Å². The molecule has 0 nitrogen and oxygen atoms in total. The minimum absolute atomic E-state index is 0.508. The molecule has 0 N–H and O–H groups in total. The van der Waals surface area contributed by atoms with Crippen molar-refractivity contribution in [3.05, 3.63) is 0 Å². The van der Waals surface area contributed by atoms with Crippen molar-refractivity contribution in [2.24, 2.45) is 5.41 Å². The van der Waals surface area contributed by atoms with Crippen LogP contribution in [0.5, 0.6) is 0 Å². The average Bonchev–Trinajstić information content (AvgIpc) is 2.87. The van der Waals surface area contributed by atoms with Crippen LogP contribution in [0.25, 0.3) is 0 Å². The van der Waals surface area contributed by atoms with E-state index in [-0.39, 0.29) is 0 Å². The first-order valence-corrected chi connectivity index (χ1v) is 21.2. The molecule has 0 saturated heterocycles. The van der Waals surface area contributed by atoms with Crippen LogP contribution in [0.4, 0.5) is 0 Å². The molecule has 3 fully saturated rings. The third-order valence-electron chi connectivity index (χ3n) is 9.41. The minimum Gasteiger partial charge on any atom is -0.792 e. The molecule has 3 saturated carbocycles. The molecule has 0 aromatic heterocycles. The molecule has 0 unspecified atom stereocenters. The van der Waals surface area contributed by atoms with Gasteiger partial charge in [-0.15, -0.1) is 0 Å².